The molecule has 1 aromatic heterocycles. The molecule has 1 rings (SSSR count). The van der Waals surface area contributed by atoms with Crippen molar-refractivity contribution in [3.8, 4) is 0 Å². The van der Waals surface area contributed by atoms with Crippen LogP contribution in [0.1, 0.15) is 46.1 Å². The summed E-state index contributed by atoms with van der Waals surface area (Å²) in [6.07, 6.45) is 4.12. The molecule has 1 heterocycles. The van der Waals surface area contributed by atoms with E-state index in [9.17, 15) is 0 Å². The Hall–Kier alpha value is -0.800. The van der Waals surface area contributed by atoms with Gasteiger partial charge in [0.05, 0.1) is 5.02 Å². The SMILES string of the molecule is CCC(CC)CNc1cc(CNC(C)C)c(Cl)cn1. The van der Waals surface area contributed by atoms with Crippen LogP contribution in [-0.4, -0.2) is 17.6 Å². The van der Waals surface area contributed by atoms with Gasteiger partial charge in [0, 0.05) is 25.3 Å². The Morgan fingerprint density at radius 3 is 2.53 bits per heavy atom. The highest BCUT2D eigenvalue weighted by Gasteiger charge is 2.06. The smallest absolute Gasteiger partial charge is 0.126 e. The molecule has 1 aromatic rings. The molecule has 2 N–H and O–H groups in total. The molecule has 0 radical (unpaired) electrons. The second-order valence-electron chi connectivity index (χ2n) is 5.26. The summed E-state index contributed by atoms with van der Waals surface area (Å²) >= 11 is 6.17. The molecule has 0 aliphatic heterocycles. The summed E-state index contributed by atoms with van der Waals surface area (Å²) in [4.78, 5) is 4.34. The second kappa shape index (κ2) is 8.39. The van der Waals surface area contributed by atoms with Gasteiger partial charge in [-0.15, -0.1) is 0 Å². The number of rotatable bonds is 8. The molecular formula is C15H26ClN3. The molecule has 4 heteroatoms. The van der Waals surface area contributed by atoms with E-state index >= 15 is 0 Å². The van der Waals surface area contributed by atoms with Crippen LogP contribution in [0, 0.1) is 5.92 Å². The van der Waals surface area contributed by atoms with Crippen LogP contribution < -0.4 is 10.6 Å². The number of anilines is 1. The first kappa shape index (κ1) is 16.3. The standard InChI is InChI=1S/C15H26ClN3/c1-5-12(6-2)8-18-15-7-13(9-17-11(3)4)14(16)10-19-15/h7,10-12,17H,5-6,8-9H2,1-4H3,(H,18,19). The number of nitrogens with zero attached hydrogens (tertiary/aromatic N) is 1. The van der Waals surface area contributed by atoms with Gasteiger partial charge in [0.25, 0.3) is 0 Å². The number of nitrogens with one attached hydrogen (secondary N) is 2. The lowest BCUT2D eigenvalue weighted by atomic mass is 10.0. The zero-order valence-electron chi connectivity index (χ0n) is 12.5. The highest BCUT2D eigenvalue weighted by molar-refractivity contribution is 6.31. The van der Waals surface area contributed by atoms with Crippen LogP contribution in [0.15, 0.2) is 12.3 Å². The molecular weight excluding hydrogens is 258 g/mol. The average Bonchev–Trinajstić information content (AvgIpc) is 2.40. The number of aromatic nitrogens is 1. The van der Waals surface area contributed by atoms with Crippen molar-refractivity contribution in [3.63, 3.8) is 0 Å². The lowest BCUT2D eigenvalue weighted by Gasteiger charge is -2.15. The summed E-state index contributed by atoms with van der Waals surface area (Å²) in [5.74, 6) is 1.62. The van der Waals surface area contributed by atoms with Crippen LogP contribution in [0.4, 0.5) is 5.82 Å². The highest BCUT2D eigenvalue weighted by atomic mass is 35.5. The molecule has 0 fully saturated rings. The maximum absolute atomic E-state index is 6.17. The molecule has 0 bridgehead atoms. The normalized spacial score (nSPS) is 11.3. The summed E-state index contributed by atoms with van der Waals surface area (Å²) < 4.78 is 0. The molecule has 0 amide bonds. The van der Waals surface area contributed by atoms with E-state index in [2.05, 4.69) is 43.3 Å². The van der Waals surface area contributed by atoms with Crippen LogP contribution in [0.5, 0.6) is 0 Å². The molecule has 0 unspecified atom stereocenters. The van der Waals surface area contributed by atoms with Gasteiger partial charge in [-0.05, 0) is 17.5 Å². The molecule has 0 atom stereocenters. The van der Waals surface area contributed by atoms with E-state index in [-0.39, 0.29) is 0 Å². The van der Waals surface area contributed by atoms with E-state index in [0.717, 1.165) is 29.5 Å². The van der Waals surface area contributed by atoms with E-state index in [1.807, 2.05) is 6.07 Å². The van der Waals surface area contributed by atoms with Crippen molar-refractivity contribution in [3.05, 3.63) is 22.8 Å². The Morgan fingerprint density at radius 2 is 1.95 bits per heavy atom. The molecule has 108 valence electrons. The summed E-state index contributed by atoms with van der Waals surface area (Å²) in [6.45, 7) is 10.5. The van der Waals surface area contributed by atoms with E-state index in [1.165, 1.54) is 12.8 Å². The number of hydrogen-bond donors (Lipinski definition) is 2. The van der Waals surface area contributed by atoms with E-state index < -0.39 is 0 Å². The van der Waals surface area contributed by atoms with Gasteiger partial charge in [-0.2, -0.15) is 0 Å². The van der Waals surface area contributed by atoms with Crippen molar-refractivity contribution in [1.29, 1.82) is 0 Å². The van der Waals surface area contributed by atoms with Crippen molar-refractivity contribution < 1.29 is 0 Å². The van der Waals surface area contributed by atoms with Crippen LogP contribution in [0.3, 0.4) is 0 Å². The molecule has 0 aliphatic rings. The van der Waals surface area contributed by atoms with Crippen molar-refractivity contribution in [2.75, 3.05) is 11.9 Å². The number of halogens is 1. The van der Waals surface area contributed by atoms with Crippen molar-refractivity contribution in [2.24, 2.45) is 5.92 Å². The predicted molar refractivity (Wildman–Crippen MR) is 83.8 cm³/mol. The Morgan fingerprint density at radius 1 is 1.26 bits per heavy atom. The van der Waals surface area contributed by atoms with Gasteiger partial charge in [-0.3, -0.25) is 0 Å². The minimum absolute atomic E-state index is 0.449. The lowest BCUT2D eigenvalue weighted by molar-refractivity contribution is 0.518. The molecule has 19 heavy (non-hydrogen) atoms. The fraction of sp³-hybridized carbons (Fsp3) is 0.667. The fourth-order valence-electron chi connectivity index (χ4n) is 1.85. The molecule has 0 aliphatic carbocycles. The third-order valence-electron chi connectivity index (χ3n) is 3.36. The van der Waals surface area contributed by atoms with Gasteiger partial charge in [0.1, 0.15) is 5.82 Å². The van der Waals surface area contributed by atoms with Gasteiger partial charge in [0.15, 0.2) is 0 Å². The first-order valence-corrected chi connectivity index (χ1v) is 7.56. The second-order valence-corrected chi connectivity index (χ2v) is 5.67. The Kier molecular flexibility index (Phi) is 7.17. The summed E-state index contributed by atoms with van der Waals surface area (Å²) in [5, 5.41) is 7.50. The van der Waals surface area contributed by atoms with Gasteiger partial charge in [0.2, 0.25) is 0 Å². The van der Waals surface area contributed by atoms with Crippen molar-refractivity contribution >= 4 is 17.4 Å². The molecule has 3 nitrogen and oxygen atoms in total. The molecule has 0 aromatic carbocycles. The van der Waals surface area contributed by atoms with Gasteiger partial charge >= 0.3 is 0 Å². The lowest BCUT2D eigenvalue weighted by Crippen LogP contribution is -2.22. The highest BCUT2D eigenvalue weighted by Crippen LogP contribution is 2.18. The quantitative estimate of drug-likeness (QED) is 0.755. The maximum atomic E-state index is 6.17. The molecule has 0 saturated carbocycles. The zero-order chi connectivity index (χ0) is 14.3. The minimum atomic E-state index is 0.449. The first-order valence-electron chi connectivity index (χ1n) is 7.18. The van der Waals surface area contributed by atoms with Crippen LogP contribution in [0.2, 0.25) is 5.02 Å². The zero-order valence-corrected chi connectivity index (χ0v) is 13.2. The minimum Gasteiger partial charge on any atom is -0.370 e. The molecule has 0 saturated heterocycles. The maximum Gasteiger partial charge on any atom is 0.126 e. The van der Waals surface area contributed by atoms with Crippen molar-refractivity contribution in [1.82, 2.24) is 10.3 Å². The topological polar surface area (TPSA) is 37.0 Å². The monoisotopic (exact) mass is 283 g/mol. The van der Waals surface area contributed by atoms with Gasteiger partial charge in [-0.1, -0.05) is 52.1 Å². The third kappa shape index (κ3) is 5.79. The molecule has 0 spiro atoms. The van der Waals surface area contributed by atoms with Gasteiger partial charge in [-0.25, -0.2) is 4.98 Å². The van der Waals surface area contributed by atoms with E-state index in [4.69, 9.17) is 11.6 Å². The summed E-state index contributed by atoms with van der Waals surface area (Å²) in [7, 11) is 0. The first-order chi connectivity index (χ1) is 9.06. The van der Waals surface area contributed by atoms with E-state index in [1.54, 1.807) is 6.20 Å². The van der Waals surface area contributed by atoms with Gasteiger partial charge < -0.3 is 10.6 Å². The van der Waals surface area contributed by atoms with Crippen LogP contribution >= 0.6 is 11.6 Å². The average molecular weight is 284 g/mol. The Bertz CT molecular complexity index is 376. The number of pyridine rings is 1. The number of hydrogen-bond acceptors (Lipinski definition) is 3. The van der Waals surface area contributed by atoms with Crippen LogP contribution in [-0.2, 0) is 6.54 Å². The Balaban J connectivity index is 2.62. The largest absolute Gasteiger partial charge is 0.370 e. The van der Waals surface area contributed by atoms with Crippen LogP contribution in [0.25, 0.3) is 0 Å². The third-order valence-corrected chi connectivity index (χ3v) is 3.70. The fourth-order valence-corrected chi connectivity index (χ4v) is 2.02. The van der Waals surface area contributed by atoms with E-state index in [0.29, 0.717) is 12.0 Å². The van der Waals surface area contributed by atoms with Crippen molar-refractivity contribution in [2.45, 2.75) is 53.1 Å². The summed E-state index contributed by atoms with van der Waals surface area (Å²) in [5.41, 5.74) is 1.09. The Labute approximate surface area is 122 Å². The summed E-state index contributed by atoms with van der Waals surface area (Å²) in [6, 6.07) is 2.49. The predicted octanol–water partition coefficient (Wildman–Crippen LogP) is 4.08.